The third-order valence-electron chi connectivity index (χ3n) is 6.09. The number of nitrogens with zero attached hydrogens (tertiary/aromatic N) is 5. The summed E-state index contributed by atoms with van der Waals surface area (Å²) in [5.41, 5.74) is 5.42. The van der Waals surface area contributed by atoms with Crippen LogP contribution in [0.2, 0.25) is 0 Å². The Morgan fingerprint density at radius 2 is 1.97 bits per heavy atom. The van der Waals surface area contributed by atoms with E-state index in [2.05, 4.69) is 30.1 Å². The zero-order valence-electron chi connectivity index (χ0n) is 20.3. The van der Waals surface area contributed by atoms with E-state index < -0.39 is 0 Å². The Morgan fingerprint density at radius 3 is 2.76 bits per heavy atom. The average Bonchev–Trinajstić information content (AvgIpc) is 3.60. The second kappa shape index (κ2) is 8.99. The SMILES string of the molecule is CC(=O)c1ccc(-c2ccnc3nc(-c4n[nH]c5cc(F)c(-c6cncc(CN(C)C)c6)cc45)[nH]c23)s1. The molecule has 0 radical (unpaired) electrons. The number of ketones is 1. The highest BCUT2D eigenvalue weighted by molar-refractivity contribution is 7.17. The molecule has 0 saturated carbocycles. The number of thiophene rings is 1. The minimum Gasteiger partial charge on any atom is -0.335 e. The molecule has 8 nitrogen and oxygen atoms in total. The van der Waals surface area contributed by atoms with Crippen molar-refractivity contribution in [2.75, 3.05) is 14.1 Å². The monoisotopic (exact) mass is 511 g/mol. The maximum Gasteiger partial charge on any atom is 0.178 e. The lowest BCUT2D eigenvalue weighted by Crippen LogP contribution is -2.10. The molecule has 0 fully saturated rings. The van der Waals surface area contributed by atoms with Crippen molar-refractivity contribution in [1.29, 1.82) is 0 Å². The Labute approximate surface area is 215 Å². The summed E-state index contributed by atoms with van der Waals surface area (Å²) in [5.74, 6) is 0.181. The van der Waals surface area contributed by atoms with E-state index in [-0.39, 0.29) is 11.6 Å². The van der Waals surface area contributed by atoms with Crippen LogP contribution in [0.3, 0.4) is 0 Å². The highest BCUT2D eigenvalue weighted by Gasteiger charge is 2.19. The van der Waals surface area contributed by atoms with E-state index in [0.29, 0.717) is 45.2 Å². The Morgan fingerprint density at radius 1 is 1.11 bits per heavy atom. The van der Waals surface area contributed by atoms with Crippen LogP contribution in [0.1, 0.15) is 22.2 Å². The molecule has 2 N–H and O–H groups in total. The number of aromatic nitrogens is 6. The number of nitrogens with one attached hydrogen (secondary N) is 2. The number of carbonyl (C=O) groups is 1. The molecule has 0 saturated heterocycles. The quantitative estimate of drug-likeness (QED) is 0.278. The number of fused-ring (bicyclic) bond motifs is 2. The van der Waals surface area contributed by atoms with Crippen molar-refractivity contribution in [3.05, 3.63) is 71.2 Å². The first-order valence-electron chi connectivity index (χ1n) is 11.6. The predicted molar refractivity (Wildman–Crippen MR) is 143 cm³/mol. The van der Waals surface area contributed by atoms with Gasteiger partial charge in [-0.25, -0.2) is 14.4 Å². The van der Waals surface area contributed by atoms with Gasteiger partial charge in [0, 0.05) is 58.2 Å². The second-order valence-corrected chi connectivity index (χ2v) is 10.2. The van der Waals surface area contributed by atoms with Gasteiger partial charge in [-0.05, 0) is 56.9 Å². The lowest BCUT2D eigenvalue weighted by molar-refractivity contribution is 0.102. The number of carbonyl (C=O) groups excluding carboxylic acids is 1. The minimum atomic E-state index is -0.362. The maximum atomic E-state index is 15.1. The normalized spacial score (nSPS) is 11.7. The van der Waals surface area contributed by atoms with Gasteiger partial charge < -0.3 is 9.88 Å². The molecular weight excluding hydrogens is 489 g/mol. The number of imidazole rings is 1. The molecule has 1 aromatic carbocycles. The zero-order chi connectivity index (χ0) is 25.7. The van der Waals surface area contributed by atoms with Crippen LogP contribution in [0, 0.1) is 5.82 Å². The number of rotatable bonds is 6. The fourth-order valence-electron chi connectivity index (χ4n) is 4.43. The summed E-state index contributed by atoms with van der Waals surface area (Å²) in [4.78, 5) is 32.2. The molecule has 6 rings (SSSR count). The van der Waals surface area contributed by atoms with Crippen LogP contribution in [0.4, 0.5) is 4.39 Å². The van der Waals surface area contributed by atoms with Crippen molar-refractivity contribution in [3.8, 4) is 33.1 Å². The Kier molecular flexibility index (Phi) is 5.62. The van der Waals surface area contributed by atoms with Gasteiger partial charge in [-0.2, -0.15) is 5.10 Å². The number of Topliss-reactive ketones (excluding diaryl/α,β-unsaturated/α-hetero) is 1. The van der Waals surface area contributed by atoms with Crippen LogP contribution in [0.25, 0.3) is 55.2 Å². The van der Waals surface area contributed by atoms with Gasteiger partial charge in [-0.3, -0.25) is 14.9 Å². The molecule has 0 atom stereocenters. The van der Waals surface area contributed by atoms with Gasteiger partial charge in [0.15, 0.2) is 17.3 Å². The molecule has 0 amide bonds. The van der Waals surface area contributed by atoms with E-state index in [1.54, 1.807) is 31.6 Å². The van der Waals surface area contributed by atoms with Gasteiger partial charge in [-0.15, -0.1) is 11.3 Å². The lowest BCUT2D eigenvalue weighted by Gasteiger charge is -2.11. The molecule has 184 valence electrons. The zero-order valence-corrected chi connectivity index (χ0v) is 21.2. The standard InChI is InChI=1S/C27H22FN7OS/c1-14(36)22-4-5-23(37-22)17-6-7-30-26-24(17)31-27(32-26)25-19-9-18(20(28)10-21(19)33-34-25)16-8-15(11-29-12-16)13-35(2)3/h4-12H,13H2,1-3H3,(H,33,34)(H,30,31,32). The van der Waals surface area contributed by atoms with Crippen molar-refractivity contribution in [2.24, 2.45) is 0 Å². The highest BCUT2D eigenvalue weighted by Crippen LogP contribution is 2.35. The number of H-pyrrole nitrogens is 2. The van der Waals surface area contributed by atoms with Crippen LogP contribution < -0.4 is 0 Å². The van der Waals surface area contributed by atoms with Crippen LogP contribution in [0.5, 0.6) is 0 Å². The number of hydrogen-bond acceptors (Lipinski definition) is 7. The number of pyridine rings is 2. The Balaban J connectivity index is 1.46. The Bertz CT molecular complexity index is 1800. The largest absolute Gasteiger partial charge is 0.335 e. The predicted octanol–water partition coefficient (Wildman–Crippen LogP) is 5.70. The summed E-state index contributed by atoms with van der Waals surface area (Å²) in [7, 11) is 3.96. The molecular formula is C27H22FN7OS. The van der Waals surface area contributed by atoms with E-state index in [9.17, 15) is 4.79 Å². The summed E-state index contributed by atoms with van der Waals surface area (Å²) < 4.78 is 15.1. The fraction of sp³-hybridized carbons (Fsp3) is 0.148. The van der Waals surface area contributed by atoms with Gasteiger partial charge in [0.2, 0.25) is 0 Å². The third-order valence-corrected chi connectivity index (χ3v) is 7.31. The first-order chi connectivity index (χ1) is 17.9. The molecule has 0 unspecified atom stereocenters. The molecule has 0 aliphatic rings. The van der Waals surface area contributed by atoms with Crippen LogP contribution >= 0.6 is 11.3 Å². The van der Waals surface area contributed by atoms with E-state index >= 15 is 4.39 Å². The van der Waals surface area contributed by atoms with Gasteiger partial charge in [0.05, 0.1) is 15.9 Å². The molecule has 10 heteroatoms. The molecule has 37 heavy (non-hydrogen) atoms. The summed E-state index contributed by atoms with van der Waals surface area (Å²) >= 11 is 1.43. The minimum absolute atomic E-state index is 0.0281. The van der Waals surface area contributed by atoms with Gasteiger partial charge in [-0.1, -0.05) is 0 Å². The van der Waals surface area contributed by atoms with Crippen molar-refractivity contribution < 1.29 is 9.18 Å². The summed E-state index contributed by atoms with van der Waals surface area (Å²) in [6.07, 6.45) is 5.14. The molecule has 0 bridgehead atoms. The third kappa shape index (κ3) is 4.20. The molecule has 0 aliphatic heterocycles. The highest BCUT2D eigenvalue weighted by atomic mass is 32.1. The van der Waals surface area contributed by atoms with E-state index in [4.69, 9.17) is 0 Å². The number of benzene rings is 1. The molecule has 0 aliphatic carbocycles. The number of hydrogen-bond donors (Lipinski definition) is 2. The average molecular weight is 512 g/mol. The van der Waals surface area contributed by atoms with Gasteiger partial charge in [0.25, 0.3) is 0 Å². The van der Waals surface area contributed by atoms with Crippen LogP contribution in [0.15, 0.2) is 55.0 Å². The van der Waals surface area contributed by atoms with E-state index in [1.807, 2.05) is 43.3 Å². The van der Waals surface area contributed by atoms with Crippen molar-refractivity contribution in [3.63, 3.8) is 0 Å². The number of aromatic amines is 2. The van der Waals surface area contributed by atoms with E-state index in [1.165, 1.54) is 17.4 Å². The Hall–Kier alpha value is -4.28. The maximum absolute atomic E-state index is 15.1. The molecule has 5 heterocycles. The summed E-state index contributed by atoms with van der Waals surface area (Å²) in [6, 6.07) is 10.8. The second-order valence-electron chi connectivity index (χ2n) is 9.13. The summed E-state index contributed by atoms with van der Waals surface area (Å²) in [5, 5.41) is 8.09. The van der Waals surface area contributed by atoms with Crippen molar-refractivity contribution >= 4 is 39.2 Å². The molecule has 5 aromatic heterocycles. The van der Waals surface area contributed by atoms with Crippen LogP contribution in [-0.2, 0) is 6.54 Å². The number of halogens is 1. The molecule has 0 spiro atoms. The van der Waals surface area contributed by atoms with Crippen molar-refractivity contribution in [2.45, 2.75) is 13.5 Å². The van der Waals surface area contributed by atoms with Crippen LogP contribution in [-0.4, -0.2) is 54.9 Å². The first-order valence-corrected chi connectivity index (χ1v) is 12.4. The summed E-state index contributed by atoms with van der Waals surface area (Å²) in [6.45, 7) is 2.26. The van der Waals surface area contributed by atoms with Gasteiger partial charge >= 0.3 is 0 Å². The smallest absolute Gasteiger partial charge is 0.178 e. The van der Waals surface area contributed by atoms with Gasteiger partial charge in [0.1, 0.15) is 11.5 Å². The van der Waals surface area contributed by atoms with E-state index in [0.717, 1.165) is 26.9 Å². The fourth-order valence-corrected chi connectivity index (χ4v) is 5.36. The topological polar surface area (TPSA) is 103 Å². The van der Waals surface area contributed by atoms with Crippen molar-refractivity contribution in [1.82, 2.24) is 35.0 Å². The lowest BCUT2D eigenvalue weighted by atomic mass is 10.0. The molecule has 6 aromatic rings. The first kappa shape index (κ1) is 23.1.